The van der Waals surface area contributed by atoms with Gasteiger partial charge in [-0.3, -0.25) is 4.79 Å². The van der Waals surface area contributed by atoms with Gasteiger partial charge in [-0.2, -0.15) is 0 Å². The fourth-order valence-corrected chi connectivity index (χ4v) is 2.89. The number of benzene rings is 1. The maximum Gasteiger partial charge on any atom is 0.227 e. The standard InChI is InChI=1S/C16H20N2O2/c1-3-16(20)9-18(10-16)15(19)8-13-11(2)17-14-7-5-4-6-12(13)14/h4-7,17,20H,3,8-10H2,1-2H3. The van der Waals surface area contributed by atoms with Crippen LogP contribution in [0.15, 0.2) is 24.3 Å². The second-order valence-corrected chi connectivity index (χ2v) is 5.78. The number of rotatable bonds is 3. The number of fused-ring (bicyclic) bond motifs is 1. The topological polar surface area (TPSA) is 56.3 Å². The second kappa shape index (κ2) is 4.63. The monoisotopic (exact) mass is 272 g/mol. The summed E-state index contributed by atoms with van der Waals surface area (Å²) in [7, 11) is 0. The third-order valence-corrected chi connectivity index (χ3v) is 4.34. The average molecular weight is 272 g/mol. The summed E-state index contributed by atoms with van der Waals surface area (Å²) in [4.78, 5) is 17.3. The summed E-state index contributed by atoms with van der Waals surface area (Å²) < 4.78 is 0. The molecule has 3 rings (SSSR count). The summed E-state index contributed by atoms with van der Waals surface area (Å²) in [6.07, 6.45) is 1.10. The molecule has 0 saturated carbocycles. The number of nitrogens with zero attached hydrogens (tertiary/aromatic N) is 1. The van der Waals surface area contributed by atoms with Crippen molar-refractivity contribution in [3.63, 3.8) is 0 Å². The van der Waals surface area contributed by atoms with E-state index in [-0.39, 0.29) is 5.91 Å². The largest absolute Gasteiger partial charge is 0.386 e. The van der Waals surface area contributed by atoms with Gasteiger partial charge in [0.2, 0.25) is 5.91 Å². The number of likely N-dealkylation sites (tertiary alicyclic amines) is 1. The number of hydrogen-bond acceptors (Lipinski definition) is 2. The lowest BCUT2D eigenvalue weighted by atomic mass is 9.90. The molecule has 1 aromatic carbocycles. The highest BCUT2D eigenvalue weighted by Gasteiger charge is 2.41. The van der Waals surface area contributed by atoms with Gasteiger partial charge in [-0.1, -0.05) is 25.1 Å². The number of hydrogen-bond donors (Lipinski definition) is 2. The van der Waals surface area contributed by atoms with Crippen LogP contribution in [-0.4, -0.2) is 39.6 Å². The number of carbonyl (C=O) groups is 1. The molecule has 0 atom stereocenters. The number of aromatic amines is 1. The van der Waals surface area contributed by atoms with Crippen LogP contribution in [-0.2, 0) is 11.2 Å². The summed E-state index contributed by atoms with van der Waals surface area (Å²) >= 11 is 0. The highest BCUT2D eigenvalue weighted by atomic mass is 16.3. The maximum absolute atomic E-state index is 12.3. The van der Waals surface area contributed by atoms with Gasteiger partial charge in [-0.05, 0) is 25.0 Å². The molecule has 1 aliphatic heterocycles. The molecule has 20 heavy (non-hydrogen) atoms. The van der Waals surface area contributed by atoms with Gasteiger partial charge in [-0.25, -0.2) is 0 Å². The second-order valence-electron chi connectivity index (χ2n) is 5.78. The van der Waals surface area contributed by atoms with Gasteiger partial charge >= 0.3 is 0 Å². The third-order valence-electron chi connectivity index (χ3n) is 4.34. The maximum atomic E-state index is 12.3. The predicted molar refractivity (Wildman–Crippen MR) is 78.6 cm³/mol. The number of para-hydroxylation sites is 1. The van der Waals surface area contributed by atoms with E-state index >= 15 is 0 Å². The highest BCUT2D eigenvalue weighted by Crippen LogP contribution is 2.27. The van der Waals surface area contributed by atoms with Crippen molar-refractivity contribution in [1.29, 1.82) is 0 Å². The number of aliphatic hydroxyl groups is 1. The van der Waals surface area contributed by atoms with Crippen molar-refractivity contribution in [2.24, 2.45) is 0 Å². The normalized spacial score (nSPS) is 17.2. The molecule has 1 aliphatic rings. The van der Waals surface area contributed by atoms with Gasteiger partial charge in [0.1, 0.15) is 0 Å². The van der Waals surface area contributed by atoms with Crippen LogP contribution in [0.2, 0.25) is 0 Å². The predicted octanol–water partition coefficient (Wildman–Crippen LogP) is 2.00. The Labute approximate surface area is 118 Å². The van der Waals surface area contributed by atoms with Gasteiger partial charge < -0.3 is 15.0 Å². The van der Waals surface area contributed by atoms with Gasteiger partial charge in [-0.15, -0.1) is 0 Å². The lowest BCUT2D eigenvalue weighted by Gasteiger charge is -2.46. The van der Waals surface area contributed by atoms with Crippen LogP contribution in [0, 0.1) is 6.92 Å². The SMILES string of the molecule is CCC1(O)CN(C(=O)Cc2c(C)[nH]c3ccccc23)C1. The third kappa shape index (κ3) is 2.10. The average Bonchev–Trinajstić information content (AvgIpc) is 2.71. The molecular weight excluding hydrogens is 252 g/mol. The van der Waals surface area contributed by atoms with Crippen molar-refractivity contribution in [3.05, 3.63) is 35.5 Å². The zero-order valence-corrected chi connectivity index (χ0v) is 11.9. The van der Waals surface area contributed by atoms with Gasteiger partial charge in [0.15, 0.2) is 0 Å². The van der Waals surface area contributed by atoms with Crippen LogP contribution >= 0.6 is 0 Å². The number of aryl methyl sites for hydroxylation is 1. The van der Waals surface area contributed by atoms with Gasteiger partial charge in [0, 0.05) is 16.6 Å². The van der Waals surface area contributed by atoms with Crippen molar-refractivity contribution in [1.82, 2.24) is 9.88 Å². The summed E-state index contributed by atoms with van der Waals surface area (Å²) in [6.45, 7) is 4.88. The van der Waals surface area contributed by atoms with Crippen molar-refractivity contribution in [2.75, 3.05) is 13.1 Å². The number of amides is 1. The molecule has 0 spiro atoms. The smallest absolute Gasteiger partial charge is 0.227 e. The minimum absolute atomic E-state index is 0.0935. The molecule has 1 fully saturated rings. The van der Waals surface area contributed by atoms with Crippen LogP contribution in [0.3, 0.4) is 0 Å². The van der Waals surface area contributed by atoms with E-state index < -0.39 is 5.60 Å². The molecular formula is C16H20N2O2. The number of nitrogens with one attached hydrogen (secondary N) is 1. The molecule has 2 heterocycles. The minimum Gasteiger partial charge on any atom is -0.386 e. The van der Waals surface area contributed by atoms with E-state index in [0.717, 1.165) is 22.2 Å². The van der Waals surface area contributed by atoms with Crippen molar-refractivity contribution >= 4 is 16.8 Å². The first-order chi connectivity index (χ1) is 9.52. The van der Waals surface area contributed by atoms with Gasteiger partial charge in [0.05, 0.1) is 25.1 Å². The van der Waals surface area contributed by atoms with Crippen LogP contribution < -0.4 is 0 Å². The molecule has 1 saturated heterocycles. The Balaban J connectivity index is 1.77. The highest BCUT2D eigenvalue weighted by molar-refractivity contribution is 5.90. The van der Waals surface area contributed by atoms with E-state index in [9.17, 15) is 9.90 Å². The van der Waals surface area contributed by atoms with E-state index in [0.29, 0.717) is 25.9 Å². The molecule has 2 aromatic rings. The summed E-state index contributed by atoms with van der Waals surface area (Å²) in [6, 6.07) is 8.04. The molecule has 0 aliphatic carbocycles. The Kier molecular flexibility index (Phi) is 3.05. The molecule has 0 unspecified atom stereocenters. The lowest BCUT2D eigenvalue weighted by Crippen LogP contribution is -2.63. The van der Waals surface area contributed by atoms with E-state index in [1.54, 1.807) is 4.90 Å². The first-order valence-corrected chi connectivity index (χ1v) is 7.09. The molecule has 106 valence electrons. The number of β-amino-alcohol motifs (C(OH)–C–C–N with tert-alkyl or cyclic N) is 1. The molecule has 0 bridgehead atoms. The fraction of sp³-hybridized carbons (Fsp3) is 0.438. The zero-order valence-electron chi connectivity index (χ0n) is 11.9. The molecule has 1 amide bonds. The van der Waals surface area contributed by atoms with Crippen LogP contribution in [0.5, 0.6) is 0 Å². The van der Waals surface area contributed by atoms with Crippen molar-refractivity contribution in [2.45, 2.75) is 32.3 Å². The van der Waals surface area contributed by atoms with Gasteiger partial charge in [0.25, 0.3) is 0 Å². The lowest BCUT2D eigenvalue weighted by molar-refractivity contribution is -0.155. The van der Waals surface area contributed by atoms with Crippen LogP contribution in [0.1, 0.15) is 24.6 Å². The summed E-state index contributed by atoms with van der Waals surface area (Å²) in [5, 5.41) is 11.1. The van der Waals surface area contributed by atoms with Crippen LogP contribution in [0.25, 0.3) is 10.9 Å². The number of aromatic nitrogens is 1. The van der Waals surface area contributed by atoms with Crippen molar-refractivity contribution < 1.29 is 9.90 Å². The Hall–Kier alpha value is -1.81. The van der Waals surface area contributed by atoms with E-state index in [1.165, 1.54) is 0 Å². The Morgan fingerprint density at radius 1 is 1.40 bits per heavy atom. The van der Waals surface area contributed by atoms with Crippen molar-refractivity contribution in [3.8, 4) is 0 Å². The molecule has 4 heteroatoms. The number of carbonyl (C=O) groups excluding carboxylic acids is 1. The molecule has 2 N–H and O–H groups in total. The Bertz CT molecular complexity index is 654. The first kappa shape index (κ1) is 13.2. The number of H-pyrrole nitrogens is 1. The minimum atomic E-state index is -0.662. The van der Waals surface area contributed by atoms with Crippen LogP contribution in [0.4, 0.5) is 0 Å². The van der Waals surface area contributed by atoms with E-state index in [1.807, 2.05) is 38.1 Å². The van der Waals surface area contributed by atoms with E-state index in [4.69, 9.17) is 0 Å². The van der Waals surface area contributed by atoms with E-state index in [2.05, 4.69) is 4.98 Å². The molecule has 0 radical (unpaired) electrons. The molecule has 4 nitrogen and oxygen atoms in total. The quantitative estimate of drug-likeness (QED) is 0.898. The Morgan fingerprint density at radius 3 is 2.80 bits per heavy atom. The fourth-order valence-electron chi connectivity index (χ4n) is 2.89. The summed E-state index contributed by atoms with van der Waals surface area (Å²) in [5.74, 6) is 0.0935. The first-order valence-electron chi connectivity index (χ1n) is 7.09. The summed E-state index contributed by atoms with van der Waals surface area (Å²) in [5.41, 5.74) is 2.52. The Morgan fingerprint density at radius 2 is 2.10 bits per heavy atom. The molecule has 1 aromatic heterocycles. The zero-order chi connectivity index (χ0) is 14.3.